The van der Waals surface area contributed by atoms with Crippen LogP contribution in [0.15, 0.2) is 66.2 Å². The second-order valence-electron chi connectivity index (χ2n) is 7.08. The normalized spacial score (nSPS) is 23.3. The van der Waals surface area contributed by atoms with Gasteiger partial charge in [-0.3, -0.25) is 4.90 Å². The summed E-state index contributed by atoms with van der Waals surface area (Å²) in [4.78, 5) is 2.57. The van der Waals surface area contributed by atoms with Crippen LogP contribution in [0.25, 0.3) is 0 Å². The number of aryl methyl sites for hydroxylation is 1. The largest absolute Gasteiger partial charge is 0.378 e. The molecule has 2 aliphatic rings. The lowest BCUT2D eigenvalue weighted by molar-refractivity contribution is -0.0442. The first-order valence-electron chi connectivity index (χ1n) is 9.09. The monoisotopic (exact) mass is 337 g/mol. The summed E-state index contributed by atoms with van der Waals surface area (Å²) in [6.07, 6.45) is 5.36. The molecule has 2 aromatic rings. The third-order valence-electron chi connectivity index (χ3n) is 5.25. The summed E-state index contributed by atoms with van der Waals surface area (Å²) in [6.45, 7) is 2.56. The van der Waals surface area contributed by atoms with Crippen LogP contribution in [0.1, 0.15) is 24.0 Å². The van der Waals surface area contributed by atoms with Crippen molar-refractivity contribution < 1.29 is 9.13 Å². The van der Waals surface area contributed by atoms with Crippen LogP contribution in [0.3, 0.4) is 0 Å². The Labute approximate surface area is 148 Å². The minimum atomic E-state index is -0.144. The van der Waals surface area contributed by atoms with Gasteiger partial charge in [-0.25, -0.2) is 4.39 Å². The van der Waals surface area contributed by atoms with E-state index in [1.807, 2.05) is 6.07 Å². The van der Waals surface area contributed by atoms with E-state index in [9.17, 15) is 4.39 Å². The number of morpholine rings is 1. The van der Waals surface area contributed by atoms with Crippen LogP contribution in [0.5, 0.6) is 0 Å². The van der Waals surface area contributed by atoms with Gasteiger partial charge in [0.15, 0.2) is 0 Å². The Morgan fingerprint density at radius 1 is 0.960 bits per heavy atom. The molecule has 0 spiro atoms. The van der Waals surface area contributed by atoms with E-state index in [2.05, 4.69) is 41.3 Å². The molecule has 2 unspecified atom stereocenters. The summed E-state index contributed by atoms with van der Waals surface area (Å²) < 4.78 is 19.1. The predicted octanol–water partition coefficient (Wildman–Crippen LogP) is 4.36. The highest BCUT2D eigenvalue weighted by molar-refractivity contribution is 5.22. The number of rotatable bonds is 5. The van der Waals surface area contributed by atoms with E-state index >= 15 is 0 Å². The fourth-order valence-corrected chi connectivity index (χ4v) is 3.97. The maximum atomic E-state index is 13.3. The van der Waals surface area contributed by atoms with E-state index in [-0.39, 0.29) is 5.82 Å². The second-order valence-corrected chi connectivity index (χ2v) is 7.08. The Hall–Kier alpha value is -1.97. The highest BCUT2D eigenvalue weighted by atomic mass is 19.1. The molecule has 130 valence electrons. The van der Waals surface area contributed by atoms with Crippen molar-refractivity contribution in [3.8, 4) is 0 Å². The molecular formula is C22H24FNO. The van der Waals surface area contributed by atoms with Crippen molar-refractivity contribution in [1.29, 1.82) is 0 Å². The Kier molecular flexibility index (Phi) is 4.95. The maximum Gasteiger partial charge on any atom is 0.123 e. The van der Waals surface area contributed by atoms with Crippen molar-refractivity contribution in [2.24, 2.45) is 0 Å². The average Bonchev–Trinajstić information content (AvgIpc) is 2.61. The van der Waals surface area contributed by atoms with Crippen LogP contribution < -0.4 is 0 Å². The molecule has 2 nitrogen and oxygen atoms in total. The first-order chi connectivity index (χ1) is 12.3. The zero-order valence-electron chi connectivity index (χ0n) is 14.4. The summed E-state index contributed by atoms with van der Waals surface area (Å²) >= 11 is 0. The lowest BCUT2D eigenvalue weighted by Gasteiger charge is -2.45. The molecule has 0 aromatic heterocycles. The molecule has 2 atom stereocenters. The van der Waals surface area contributed by atoms with Crippen LogP contribution in [0, 0.1) is 5.82 Å². The van der Waals surface area contributed by atoms with Crippen LogP contribution in [-0.4, -0.2) is 30.2 Å². The van der Waals surface area contributed by atoms with E-state index in [1.165, 1.54) is 17.2 Å². The molecule has 0 saturated carbocycles. The number of nitrogens with zero attached hydrogens (tertiary/aromatic N) is 1. The Bertz CT molecular complexity index is 743. The highest BCUT2D eigenvalue weighted by Gasteiger charge is 2.34. The molecule has 2 aliphatic heterocycles. The molecule has 2 aromatic carbocycles. The molecular weight excluding hydrogens is 313 g/mol. The molecule has 0 N–H and O–H groups in total. The van der Waals surface area contributed by atoms with Crippen molar-refractivity contribution in [1.82, 2.24) is 4.90 Å². The van der Waals surface area contributed by atoms with Crippen molar-refractivity contribution in [2.45, 2.75) is 37.9 Å². The minimum Gasteiger partial charge on any atom is -0.378 e. The number of hydrogen-bond donors (Lipinski definition) is 0. The summed E-state index contributed by atoms with van der Waals surface area (Å²) in [5.41, 5.74) is 3.93. The molecule has 1 fully saturated rings. The fourth-order valence-electron chi connectivity index (χ4n) is 3.97. The summed E-state index contributed by atoms with van der Waals surface area (Å²) in [7, 11) is 0. The molecule has 2 heterocycles. The van der Waals surface area contributed by atoms with Crippen molar-refractivity contribution in [3.63, 3.8) is 0 Å². The highest BCUT2D eigenvalue weighted by Crippen LogP contribution is 2.30. The molecule has 1 saturated heterocycles. The van der Waals surface area contributed by atoms with Gasteiger partial charge < -0.3 is 4.74 Å². The molecule has 2 bridgehead atoms. The van der Waals surface area contributed by atoms with Gasteiger partial charge >= 0.3 is 0 Å². The van der Waals surface area contributed by atoms with Crippen LogP contribution in [0.2, 0.25) is 0 Å². The van der Waals surface area contributed by atoms with E-state index < -0.39 is 0 Å². The summed E-state index contributed by atoms with van der Waals surface area (Å²) in [6, 6.07) is 18.4. The van der Waals surface area contributed by atoms with Gasteiger partial charge in [0.2, 0.25) is 0 Å². The minimum absolute atomic E-state index is 0.144. The molecule has 0 radical (unpaired) electrons. The third kappa shape index (κ3) is 4.00. The Balaban J connectivity index is 1.43. The van der Waals surface area contributed by atoms with E-state index in [4.69, 9.17) is 4.74 Å². The quantitative estimate of drug-likeness (QED) is 0.752. The van der Waals surface area contributed by atoms with Gasteiger partial charge in [-0.1, -0.05) is 54.1 Å². The van der Waals surface area contributed by atoms with Crippen LogP contribution >= 0.6 is 0 Å². The number of hydrogen-bond acceptors (Lipinski definition) is 2. The zero-order valence-corrected chi connectivity index (χ0v) is 14.4. The van der Waals surface area contributed by atoms with Gasteiger partial charge in [-0.15, -0.1) is 0 Å². The summed E-state index contributed by atoms with van der Waals surface area (Å²) in [5, 5.41) is 0. The molecule has 25 heavy (non-hydrogen) atoms. The number of benzene rings is 2. The van der Waals surface area contributed by atoms with Crippen LogP contribution in [0.4, 0.5) is 4.39 Å². The van der Waals surface area contributed by atoms with Gasteiger partial charge in [0, 0.05) is 12.6 Å². The van der Waals surface area contributed by atoms with Crippen molar-refractivity contribution in [3.05, 3.63) is 83.2 Å². The zero-order chi connectivity index (χ0) is 17.1. The van der Waals surface area contributed by atoms with Gasteiger partial charge in [-0.05, 0) is 42.5 Å². The Morgan fingerprint density at radius 2 is 1.80 bits per heavy atom. The second kappa shape index (κ2) is 7.51. The van der Waals surface area contributed by atoms with E-state index in [1.54, 1.807) is 12.1 Å². The number of fused-ring (bicyclic) bond motifs is 2. The predicted molar refractivity (Wildman–Crippen MR) is 97.8 cm³/mol. The lowest BCUT2D eigenvalue weighted by Crippen LogP contribution is -2.53. The van der Waals surface area contributed by atoms with E-state index in [0.29, 0.717) is 12.1 Å². The van der Waals surface area contributed by atoms with Crippen molar-refractivity contribution in [2.75, 3.05) is 13.2 Å². The fraction of sp³-hybridized carbons (Fsp3) is 0.364. The van der Waals surface area contributed by atoms with Gasteiger partial charge in [0.05, 0.1) is 19.3 Å². The molecule has 0 amide bonds. The lowest BCUT2D eigenvalue weighted by atomic mass is 9.90. The first-order valence-corrected chi connectivity index (χ1v) is 9.09. The molecule has 4 rings (SSSR count). The average molecular weight is 337 g/mol. The third-order valence-corrected chi connectivity index (χ3v) is 5.25. The summed E-state index contributed by atoms with van der Waals surface area (Å²) in [5.74, 6) is -0.144. The molecule has 0 aliphatic carbocycles. The van der Waals surface area contributed by atoms with Crippen LogP contribution in [-0.2, 0) is 17.7 Å². The van der Waals surface area contributed by atoms with Gasteiger partial charge in [-0.2, -0.15) is 0 Å². The van der Waals surface area contributed by atoms with Gasteiger partial charge in [0.1, 0.15) is 5.82 Å². The topological polar surface area (TPSA) is 12.5 Å². The maximum absolute atomic E-state index is 13.3. The molecule has 3 heteroatoms. The Morgan fingerprint density at radius 3 is 2.60 bits per heavy atom. The van der Waals surface area contributed by atoms with Crippen molar-refractivity contribution >= 4 is 0 Å². The smallest absolute Gasteiger partial charge is 0.123 e. The first kappa shape index (κ1) is 16.5. The van der Waals surface area contributed by atoms with Gasteiger partial charge in [0.25, 0.3) is 0 Å². The van der Waals surface area contributed by atoms with E-state index in [0.717, 1.165) is 44.6 Å². The number of ether oxygens (including phenoxy) is 1. The SMILES string of the molecule is Fc1cccc(CCC2=CC3COCC(C2)N3Cc2ccccc2)c1. The standard InChI is InChI=1S/C22H24FNO/c23-20-8-4-7-17(11-20)9-10-19-12-21-15-25-16-22(13-19)24(21)14-18-5-2-1-3-6-18/h1-8,11-12,21-22H,9-10,13-16H2. The number of halogens is 1.